The summed E-state index contributed by atoms with van der Waals surface area (Å²) in [6.07, 6.45) is 3.97. The van der Waals surface area contributed by atoms with Crippen LogP contribution in [0.3, 0.4) is 0 Å². The largest absolute Gasteiger partial charge is 0.328 e. The monoisotopic (exact) mass is 339 g/mol. The van der Waals surface area contributed by atoms with Gasteiger partial charge in [0.1, 0.15) is 5.82 Å². The molecule has 0 saturated heterocycles. The predicted octanol–water partition coefficient (Wildman–Crippen LogP) is 3.30. The third kappa shape index (κ3) is 2.69. The minimum Gasteiger partial charge on any atom is -0.328 e. The summed E-state index contributed by atoms with van der Waals surface area (Å²) in [5.74, 6) is 1.10. The summed E-state index contributed by atoms with van der Waals surface area (Å²) >= 11 is 0. The van der Waals surface area contributed by atoms with E-state index < -0.39 is 10.0 Å². The molecule has 122 valence electrons. The first kappa shape index (κ1) is 15.0. The van der Waals surface area contributed by atoms with Crippen molar-refractivity contribution in [3.8, 4) is 11.3 Å². The van der Waals surface area contributed by atoms with Crippen molar-refractivity contribution in [2.75, 3.05) is 4.72 Å². The van der Waals surface area contributed by atoms with Gasteiger partial charge in [-0.3, -0.25) is 4.72 Å². The second kappa shape index (κ2) is 5.79. The van der Waals surface area contributed by atoms with Crippen molar-refractivity contribution < 1.29 is 8.42 Å². The molecule has 1 N–H and O–H groups in total. The zero-order valence-electron chi connectivity index (χ0n) is 13.0. The SMILES string of the molecule is O=S(=O)(Nc1cccc(-c2cnc3n2CCC3)c1)c1ccccc1. The van der Waals surface area contributed by atoms with Gasteiger partial charge in [0.2, 0.25) is 0 Å². The van der Waals surface area contributed by atoms with Crippen molar-refractivity contribution in [3.05, 3.63) is 66.6 Å². The zero-order chi connectivity index (χ0) is 16.6. The Balaban J connectivity index is 1.66. The van der Waals surface area contributed by atoms with Gasteiger partial charge in [0.25, 0.3) is 10.0 Å². The summed E-state index contributed by atoms with van der Waals surface area (Å²) in [5, 5.41) is 0. The van der Waals surface area contributed by atoms with E-state index >= 15 is 0 Å². The van der Waals surface area contributed by atoms with Crippen LogP contribution in [0, 0.1) is 0 Å². The van der Waals surface area contributed by atoms with E-state index in [2.05, 4.69) is 14.3 Å². The predicted molar refractivity (Wildman–Crippen MR) is 93.2 cm³/mol. The van der Waals surface area contributed by atoms with Crippen LogP contribution in [-0.4, -0.2) is 18.0 Å². The lowest BCUT2D eigenvalue weighted by Crippen LogP contribution is -2.12. The van der Waals surface area contributed by atoms with E-state index in [1.165, 1.54) is 0 Å². The third-order valence-corrected chi connectivity index (χ3v) is 5.58. The van der Waals surface area contributed by atoms with E-state index in [9.17, 15) is 8.42 Å². The Labute approximate surface area is 141 Å². The fourth-order valence-corrected chi connectivity index (χ4v) is 4.12. The molecule has 0 atom stereocenters. The topological polar surface area (TPSA) is 64.0 Å². The molecule has 3 aromatic rings. The highest BCUT2D eigenvalue weighted by molar-refractivity contribution is 7.92. The van der Waals surface area contributed by atoms with Gasteiger partial charge in [0, 0.05) is 24.2 Å². The van der Waals surface area contributed by atoms with Crippen LogP contribution in [0.5, 0.6) is 0 Å². The molecular formula is C18H17N3O2S. The minimum absolute atomic E-state index is 0.251. The Kier molecular flexibility index (Phi) is 3.61. The number of hydrogen-bond acceptors (Lipinski definition) is 3. The molecule has 6 heteroatoms. The maximum Gasteiger partial charge on any atom is 0.261 e. The number of benzene rings is 2. The number of sulfonamides is 1. The van der Waals surface area contributed by atoms with Gasteiger partial charge in [-0.25, -0.2) is 13.4 Å². The smallest absolute Gasteiger partial charge is 0.261 e. The normalized spacial score (nSPS) is 13.7. The minimum atomic E-state index is -3.58. The molecule has 1 aliphatic rings. The molecule has 0 unspecified atom stereocenters. The Morgan fingerprint density at radius 3 is 2.71 bits per heavy atom. The zero-order valence-corrected chi connectivity index (χ0v) is 13.8. The molecule has 2 aromatic carbocycles. The van der Waals surface area contributed by atoms with E-state index in [1.807, 2.05) is 24.4 Å². The van der Waals surface area contributed by atoms with Crippen molar-refractivity contribution in [3.63, 3.8) is 0 Å². The van der Waals surface area contributed by atoms with Crippen LogP contribution in [-0.2, 0) is 23.0 Å². The number of rotatable bonds is 4. The Bertz CT molecular complexity index is 979. The molecule has 0 bridgehead atoms. The maximum absolute atomic E-state index is 12.5. The van der Waals surface area contributed by atoms with Crippen LogP contribution in [0.4, 0.5) is 5.69 Å². The molecule has 0 radical (unpaired) electrons. The lowest BCUT2D eigenvalue weighted by atomic mass is 10.1. The molecule has 0 saturated carbocycles. The average Bonchev–Trinajstić information content (AvgIpc) is 3.19. The van der Waals surface area contributed by atoms with E-state index in [1.54, 1.807) is 36.4 Å². The molecule has 2 heterocycles. The molecular weight excluding hydrogens is 322 g/mol. The standard InChI is InChI=1S/C18H17N3O2S/c22-24(23,16-8-2-1-3-9-16)20-15-7-4-6-14(12-15)17-13-19-18-10-5-11-21(17)18/h1-4,6-9,12-13,20H,5,10-11H2. The van der Waals surface area contributed by atoms with Crippen LogP contribution in [0.1, 0.15) is 12.2 Å². The molecule has 24 heavy (non-hydrogen) atoms. The summed E-state index contributed by atoms with van der Waals surface area (Å²) in [4.78, 5) is 4.70. The Morgan fingerprint density at radius 2 is 1.88 bits per heavy atom. The van der Waals surface area contributed by atoms with E-state index in [0.29, 0.717) is 5.69 Å². The molecule has 1 aliphatic heterocycles. The summed E-state index contributed by atoms with van der Waals surface area (Å²) in [7, 11) is -3.58. The molecule has 0 spiro atoms. The summed E-state index contributed by atoms with van der Waals surface area (Å²) < 4.78 is 29.8. The number of hydrogen-bond donors (Lipinski definition) is 1. The Hall–Kier alpha value is -2.60. The van der Waals surface area contributed by atoms with E-state index in [4.69, 9.17) is 0 Å². The third-order valence-electron chi connectivity index (χ3n) is 4.18. The van der Waals surface area contributed by atoms with Gasteiger partial charge in [0.15, 0.2) is 0 Å². The van der Waals surface area contributed by atoms with Crippen molar-refractivity contribution in [1.82, 2.24) is 9.55 Å². The second-order valence-corrected chi connectivity index (χ2v) is 7.50. The fraction of sp³-hybridized carbons (Fsp3) is 0.167. The Morgan fingerprint density at radius 1 is 1.04 bits per heavy atom. The van der Waals surface area contributed by atoms with Gasteiger partial charge >= 0.3 is 0 Å². The molecule has 5 nitrogen and oxygen atoms in total. The summed E-state index contributed by atoms with van der Waals surface area (Å²) in [5.41, 5.74) is 2.54. The first-order chi connectivity index (χ1) is 11.6. The molecule has 4 rings (SSSR count). The van der Waals surface area contributed by atoms with Crippen LogP contribution in [0.15, 0.2) is 65.7 Å². The number of nitrogens with one attached hydrogen (secondary N) is 1. The summed E-state index contributed by atoms with van der Waals surface area (Å²) in [6.45, 7) is 0.963. The van der Waals surface area contributed by atoms with E-state index in [-0.39, 0.29) is 4.90 Å². The van der Waals surface area contributed by atoms with Crippen molar-refractivity contribution in [2.45, 2.75) is 24.3 Å². The van der Waals surface area contributed by atoms with Crippen molar-refractivity contribution in [1.29, 1.82) is 0 Å². The fourth-order valence-electron chi connectivity index (χ4n) is 3.04. The number of nitrogens with zero attached hydrogens (tertiary/aromatic N) is 2. The van der Waals surface area contributed by atoms with Crippen LogP contribution in [0.2, 0.25) is 0 Å². The van der Waals surface area contributed by atoms with Gasteiger partial charge in [-0.05, 0) is 30.7 Å². The van der Waals surface area contributed by atoms with Crippen LogP contribution in [0.25, 0.3) is 11.3 Å². The lowest BCUT2D eigenvalue weighted by Gasteiger charge is -2.10. The molecule has 0 amide bonds. The molecule has 0 fully saturated rings. The highest BCUT2D eigenvalue weighted by Crippen LogP contribution is 2.28. The van der Waals surface area contributed by atoms with Crippen molar-refractivity contribution >= 4 is 15.7 Å². The first-order valence-electron chi connectivity index (χ1n) is 7.86. The van der Waals surface area contributed by atoms with Crippen molar-refractivity contribution in [2.24, 2.45) is 0 Å². The number of imidazole rings is 1. The van der Waals surface area contributed by atoms with Gasteiger partial charge in [-0.15, -0.1) is 0 Å². The quantitative estimate of drug-likeness (QED) is 0.793. The number of aryl methyl sites for hydroxylation is 1. The second-order valence-electron chi connectivity index (χ2n) is 5.81. The molecule has 0 aliphatic carbocycles. The van der Waals surface area contributed by atoms with Crippen LogP contribution < -0.4 is 4.72 Å². The first-order valence-corrected chi connectivity index (χ1v) is 9.34. The maximum atomic E-state index is 12.5. The number of anilines is 1. The highest BCUT2D eigenvalue weighted by Gasteiger charge is 2.18. The average molecular weight is 339 g/mol. The van der Waals surface area contributed by atoms with Gasteiger partial charge in [0.05, 0.1) is 16.8 Å². The lowest BCUT2D eigenvalue weighted by molar-refractivity contribution is 0.601. The van der Waals surface area contributed by atoms with Gasteiger partial charge in [-0.2, -0.15) is 0 Å². The molecule has 1 aromatic heterocycles. The van der Waals surface area contributed by atoms with Crippen LogP contribution >= 0.6 is 0 Å². The number of fused-ring (bicyclic) bond motifs is 1. The van der Waals surface area contributed by atoms with Gasteiger partial charge in [-0.1, -0.05) is 30.3 Å². The number of aromatic nitrogens is 2. The van der Waals surface area contributed by atoms with E-state index in [0.717, 1.165) is 36.5 Å². The van der Waals surface area contributed by atoms with Gasteiger partial charge < -0.3 is 4.57 Å². The highest BCUT2D eigenvalue weighted by atomic mass is 32.2. The summed E-state index contributed by atoms with van der Waals surface area (Å²) in [6, 6.07) is 15.8.